The zero-order valence-electron chi connectivity index (χ0n) is 13.9. The molecule has 0 aromatic heterocycles. The molecule has 0 saturated heterocycles. The van der Waals surface area contributed by atoms with Crippen LogP contribution in [0.3, 0.4) is 0 Å². The smallest absolute Gasteiger partial charge is 0.251 e. The molecule has 0 aliphatic carbocycles. The molecule has 0 saturated carbocycles. The van der Waals surface area contributed by atoms with Crippen LogP contribution < -0.4 is 19.7 Å². The van der Waals surface area contributed by atoms with Crippen LogP contribution >= 0.6 is 0 Å². The van der Waals surface area contributed by atoms with Gasteiger partial charge < -0.3 is 19.7 Å². The molecule has 0 atom stereocenters. The van der Waals surface area contributed by atoms with Crippen molar-refractivity contribution in [2.75, 3.05) is 25.3 Å². The van der Waals surface area contributed by atoms with Gasteiger partial charge in [-0.25, -0.2) is 0 Å². The zero-order valence-corrected chi connectivity index (χ0v) is 13.9. The average molecular weight is 338 g/mol. The molecule has 0 bridgehead atoms. The summed E-state index contributed by atoms with van der Waals surface area (Å²) in [4.78, 5) is 25.7. The summed E-state index contributed by atoms with van der Waals surface area (Å²) in [6, 6.07) is 11.2. The molecule has 2 aliphatic rings. The molecule has 1 N–H and O–H groups in total. The van der Waals surface area contributed by atoms with Crippen molar-refractivity contribution in [2.24, 2.45) is 0 Å². The monoisotopic (exact) mass is 338 g/mol. The summed E-state index contributed by atoms with van der Waals surface area (Å²) < 4.78 is 10.5. The third-order valence-corrected chi connectivity index (χ3v) is 4.56. The highest BCUT2D eigenvalue weighted by Crippen LogP contribution is 2.32. The lowest BCUT2D eigenvalue weighted by molar-refractivity contribution is -0.117. The number of rotatable bonds is 4. The Labute approximate surface area is 145 Å². The van der Waals surface area contributed by atoms with E-state index in [1.165, 1.54) is 0 Å². The minimum absolute atomic E-state index is 0.114. The lowest BCUT2D eigenvalue weighted by atomic mass is 10.1. The van der Waals surface area contributed by atoms with E-state index in [-0.39, 0.29) is 18.6 Å². The number of ether oxygens (including phenoxy) is 2. The van der Waals surface area contributed by atoms with Gasteiger partial charge in [-0.05, 0) is 41.8 Å². The molecule has 2 aliphatic heterocycles. The van der Waals surface area contributed by atoms with E-state index in [2.05, 4.69) is 5.32 Å². The van der Waals surface area contributed by atoms with Crippen molar-refractivity contribution in [3.8, 4) is 11.5 Å². The van der Waals surface area contributed by atoms with Gasteiger partial charge in [0.15, 0.2) is 11.5 Å². The van der Waals surface area contributed by atoms with E-state index in [4.69, 9.17) is 9.47 Å². The Morgan fingerprint density at radius 3 is 2.88 bits per heavy atom. The van der Waals surface area contributed by atoms with Gasteiger partial charge >= 0.3 is 0 Å². The quantitative estimate of drug-likeness (QED) is 0.925. The zero-order chi connectivity index (χ0) is 17.4. The summed E-state index contributed by atoms with van der Waals surface area (Å²) in [5.41, 5.74) is 3.67. The van der Waals surface area contributed by atoms with Gasteiger partial charge in [0.25, 0.3) is 5.91 Å². The van der Waals surface area contributed by atoms with Gasteiger partial charge in [-0.15, -0.1) is 0 Å². The van der Waals surface area contributed by atoms with Crippen molar-refractivity contribution in [3.05, 3.63) is 53.1 Å². The van der Waals surface area contributed by atoms with E-state index in [0.717, 1.165) is 16.8 Å². The Kier molecular flexibility index (Phi) is 3.80. The maximum Gasteiger partial charge on any atom is 0.251 e. The molecular formula is C19H18N2O4. The van der Waals surface area contributed by atoms with Crippen LogP contribution in [0.5, 0.6) is 11.5 Å². The van der Waals surface area contributed by atoms with Crippen LogP contribution in [0, 0.1) is 0 Å². The van der Waals surface area contributed by atoms with Crippen molar-refractivity contribution >= 4 is 17.5 Å². The molecule has 2 amide bonds. The van der Waals surface area contributed by atoms with Gasteiger partial charge in [0, 0.05) is 24.8 Å². The Hall–Kier alpha value is -3.02. The first-order valence-electron chi connectivity index (χ1n) is 8.18. The number of nitrogens with zero attached hydrogens (tertiary/aromatic N) is 1. The molecule has 2 heterocycles. The number of hydrogen-bond acceptors (Lipinski definition) is 4. The lowest BCUT2D eigenvalue weighted by Gasteiger charge is -2.11. The van der Waals surface area contributed by atoms with E-state index >= 15 is 0 Å². The van der Waals surface area contributed by atoms with Gasteiger partial charge in [0.05, 0.1) is 6.42 Å². The Bertz CT molecular complexity index is 862. The minimum Gasteiger partial charge on any atom is -0.454 e. The third kappa shape index (κ3) is 2.91. The van der Waals surface area contributed by atoms with Gasteiger partial charge in [0.2, 0.25) is 12.7 Å². The van der Waals surface area contributed by atoms with Crippen molar-refractivity contribution in [1.82, 2.24) is 5.32 Å². The fourth-order valence-corrected chi connectivity index (χ4v) is 3.14. The van der Waals surface area contributed by atoms with Crippen LogP contribution in [-0.4, -0.2) is 32.2 Å². The molecule has 0 radical (unpaired) electrons. The second-order valence-corrected chi connectivity index (χ2v) is 6.17. The number of hydrogen-bond donors (Lipinski definition) is 1. The standard InChI is InChI=1S/C19H18N2O4/c1-21-15-4-2-12(8-14(15)10-18(21)22)6-7-20-19(23)13-3-5-16-17(9-13)25-11-24-16/h2-5,8-9H,6-7,10-11H2,1H3,(H,20,23). The number of fused-ring (bicyclic) bond motifs is 2. The molecule has 0 spiro atoms. The van der Waals surface area contributed by atoms with Crippen LogP contribution in [-0.2, 0) is 17.6 Å². The number of likely N-dealkylation sites (N-methyl/N-ethyl adjacent to an activating group) is 1. The predicted molar refractivity (Wildman–Crippen MR) is 92.2 cm³/mol. The molecule has 2 aromatic carbocycles. The maximum atomic E-state index is 12.2. The van der Waals surface area contributed by atoms with Crippen molar-refractivity contribution in [1.29, 1.82) is 0 Å². The topological polar surface area (TPSA) is 67.9 Å². The Morgan fingerprint density at radius 2 is 2.00 bits per heavy atom. The highest BCUT2D eigenvalue weighted by molar-refractivity contribution is 6.01. The Balaban J connectivity index is 1.36. The Morgan fingerprint density at radius 1 is 1.16 bits per heavy atom. The van der Waals surface area contributed by atoms with Gasteiger partial charge in [-0.2, -0.15) is 0 Å². The summed E-state index contributed by atoms with van der Waals surface area (Å²) in [5.74, 6) is 1.23. The number of carbonyl (C=O) groups is 2. The summed E-state index contributed by atoms with van der Waals surface area (Å²) in [6.07, 6.45) is 1.16. The van der Waals surface area contributed by atoms with Crippen LogP contribution in [0.2, 0.25) is 0 Å². The highest BCUT2D eigenvalue weighted by atomic mass is 16.7. The van der Waals surface area contributed by atoms with Crippen LogP contribution in [0.1, 0.15) is 21.5 Å². The second kappa shape index (κ2) is 6.12. The number of amides is 2. The number of anilines is 1. The van der Waals surface area contributed by atoms with E-state index in [0.29, 0.717) is 36.4 Å². The minimum atomic E-state index is -0.144. The molecule has 2 aromatic rings. The first-order valence-corrected chi connectivity index (χ1v) is 8.18. The van der Waals surface area contributed by atoms with E-state index < -0.39 is 0 Å². The SMILES string of the molecule is CN1C(=O)Cc2cc(CCNC(=O)c3ccc4c(c3)OCO4)ccc21. The van der Waals surface area contributed by atoms with E-state index in [1.54, 1.807) is 30.1 Å². The molecule has 6 nitrogen and oxygen atoms in total. The first kappa shape index (κ1) is 15.5. The first-order chi connectivity index (χ1) is 12.1. The lowest BCUT2D eigenvalue weighted by Crippen LogP contribution is -2.25. The summed E-state index contributed by atoms with van der Waals surface area (Å²) in [5, 5.41) is 2.91. The van der Waals surface area contributed by atoms with Crippen molar-refractivity contribution in [3.63, 3.8) is 0 Å². The van der Waals surface area contributed by atoms with Crippen molar-refractivity contribution < 1.29 is 19.1 Å². The van der Waals surface area contributed by atoms with Gasteiger partial charge in [0.1, 0.15) is 0 Å². The molecule has 0 fully saturated rings. The van der Waals surface area contributed by atoms with Gasteiger partial charge in [-0.3, -0.25) is 9.59 Å². The predicted octanol–water partition coefficient (Wildman–Crippen LogP) is 1.91. The molecular weight excluding hydrogens is 320 g/mol. The maximum absolute atomic E-state index is 12.2. The highest BCUT2D eigenvalue weighted by Gasteiger charge is 2.23. The summed E-state index contributed by atoms with van der Waals surface area (Å²) in [7, 11) is 1.79. The van der Waals surface area contributed by atoms with Crippen LogP contribution in [0.15, 0.2) is 36.4 Å². The van der Waals surface area contributed by atoms with Gasteiger partial charge in [-0.1, -0.05) is 12.1 Å². The molecule has 128 valence electrons. The molecule has 4 rings (SSSR count). The number of carbonyl (C=O) groups excluding carboxylic acids is 2. The van der Waals surface area contributed by atoms with Crippen molar-refractivity contribution in [2.45, 2.75) is 12.8 Å². The second-order valence-electron chi connectivity index (χ2n) is 6.17. The third-order valence-electron chi connectivity index (χ3n) is 4.56. The normalized spacial score (nSPS) is 14.6. The molecule has 0 unspecified atom stereocenters. The number of nitrogens with one attached hydrogen (secondary N) is 1. The fraction of sp³-hybridized carbons (Fsp3) is 0.263. The van der Waals surface area contributed by atoms with Crippen LogP contribution in [0.4, 0.5) is 5.69 Å². The molecule has 6 heteroatoms. The largest absolute Gasteiger partial charge is 0.454 e. The summed E-state index contributed by atoms with van der Waals surface area (Å²) in [6.45, 7) is 0.715. The van der Waals surface area contributed by atoms with Crippen LogP contribution in [0.25, 0.3) is 0 Å². The fourth-order valence-electron chi connectivity index (χ4n) is 3.14. The number of benzene rings is 2. The van der Waals surface area contributed by atoms with E-state index in [1.807, 2.05) is 18.2 Å². The average Bonchev–Trinajstić information content (AvgIpc) is 3.19. The van der Waals surface area contributed by atoms with E-state index in [9.17, 15) is 9.59 Å². The molecule has 25 heavy (non-hydrogen) atoms. The summed E-state index contributed by atoms with van der Waals surface area (Å²) >= 11 is 0.